The maximum atomic E-state index is 13.4. The van der Waals surface area contributed by atoms with Gasteiger partial charge in [0, 0.05) is 16.3 Å². The molecule has 0 aliphatic rings. The molecule has 0 aliphatic carbocycles. The van der Waals surface area contributed by atoms with Gasteiger partial charge in [0.25, 0.3) is 5.56 Å². The molecule has 2 aromatic heterocycles. The number of rotatable bonds is 8. The van der Waals surface area contributed by atoms with Gasteiger partial charge in [-0.3, -0.25) is 13.8 Å². The lowest BCUT2D eigenvalue weighted by Crippen LogP contribution is -2.24. The van der Waals surface area contributed by atoms with Crippen LogP contribution in [0, 0.1) is 0 Å². The minimum atomic E-state index is -0.123. The summed E-state index contributed by atoms with van der Waals surface area (Å²) < 4.78 is 14.9. The largest absolute Gasteiger partial charge is 0.496 e. The van der Waals surface area contributed by atoms with E-state index in [9.17, 15) is 4.79 Å². The standard InChI is InChI=1S/C25H21ClN4O3S/c1-32-22-12-5-2-7-17(22)16-29-23(31)20-10-3-4-11-21(20)30-24(29)27-28-25(30)34-14-13-33-19-9-6-8-18(26)15-19/h2-12,15H,13-14,16H2,1H3. The molecule has 5 rings (SSSR count). The van der Waals surface area contributed by atoms with Crippen LogP contribution >= 0.6 is 23.4 Å². The fourth-order valence-corrected chi connectivity index (χ4v) is 4.76. The molecule has 34 heavy (non-hydrogen) atoms. The minimum absolute atomic E-state index is 0.123. The number of hydrogen-bond acceptors (Lipinski definition) is 6. The summed E-state index contributed by atoms with van der Waals surface area (Å²) >= 11 is 7.54. The fraction of sp³-hybridized carbons (Fsp3) is 0.160. The maximum absolute atomic E-state index is 13.4. The molecule has 0 spiro atoms. The van der Waals surface area contributed by atoms with E-state index in [0.717, 1.165) is 16.8 Å². The lowest BCUT2D eigenvalue weighted by Gasteiger charge is -2.13. The van der Waals surface area contributed by atoms with Gasteiger partial charge in [0.05, 0.1) is 31.2 Å². The Hall–Kier alpha value is -3.49. The van der Waals surface area contributed by atoms with Crippen LogP contribution in [0.4, 0.5) is 0 Å². The number of hydrogen-bond donors (Lipinski definition) is 0. The zero-order valence-corrected chi connectivity index (χ0v) is 19.9. The van der Waals surface area contributed by atoms with E-state index in [1.807, 2.05) is 65.1 Å². The summed E-state index contributed by atoms with van der Waals surface area (Å²) in [5, 5.41) is 10.7. The molecule has 0 radical (unpaired) electrons. The molecule has 0 unspecified atom stereocenters. The van der Waals surface area contributed by atoms with Gasteiger partial charge in [0.15, 0.2) is 5.16 Å². The van der Waals surface area contributed by atoms with E-state index in [0.29, 0.717) is 46.0 Å². The Kier molecular flexibility index (Phi) is 6.42. The van der Waals surface area contributed by atoms with E-state index in [1.165, 1.54) is 11.8 Å². The van der Waals surface area contributed by atoms with Crippen molar-refractivity contribution in [2.24, 2.45) is 0 Å². The predicted molar refractivity (Wildman–Crippen MR) is 135 cm³/mol. The second-order valence-corrected chi connectivity index (χ2v) is 8.99. The van der Waals surface area contributed by atoms with Crippen molar-refractivity contribution >= 4 is 40.0 Å². The highest BCUT2D eigenvalue weighted by atomic mass is 35.5. The lowest BCUT2D eigenvalue weighted by atomic mass is 10.2. The van der Waals surface area contributed by atoms with Crippen LogP contribution in [0.25, 0.3) is 16.7 Å². The normalized spacial score (nSPS) is 11.2. The molecule has 0 bridgehead atoms. The number of thioether (sulfide) groups is 1. The molecule has 0 N–H and O–H groups in total. The molecule has 0 saturated heterocycles. The van der Waals surface area contributed by atoms with Gasteiger partial charge in [-0.1, -0.05) is 59.8 Å². The van der Waals surface area contributed by atoms with E-state index in [4.69, 9.17) is 21.1 Å². The van der Waals surface area contributed by atoms with Crippen molar-refractivity contribution in [2.45, 2.75) is 11.7 Å². The van der Waals surface area contributed by atoms with Crippen LogP contribution in [0.5, 0.6) is 11.5 Å². The minimum Gasteiger partial charge on any atom is -0.496 e. The molecular formula is C25H21ClN4O3S. The molecule has 0 fully saturated rings. The van der Waals surface area contributed by atoms with E-state index in [1.54, 1.807) is 23.8 Å². The monoisotopic (exact) mass is 492 g/mol. The number of fused-ring (bicyclic) bond motifs is 3. The zero-order chi connectivity index (χ0) is 23.5. The maximum Gasteiger partial charge on any atom is 0.263 e. The highest BCUT2D eigenvalue weighted by Crippen LogP contribution is 2.24. The number of methoxy groups -OCH3 is 1. The Morgan fingerprint density at radius 2 is 1.82 bits per heavy atom. The van der Waals surface area contributed by atoms with Gasteiger partial charge in [-0.15, -0.1) is 10.2 Å². The third-order valence-electron chi connectivity index (χ3n) is 5.38. The molecule has 0 aliphatic heterocycles. The SMILES string of the molecule is COc1ccccc1Cn1c(=O)c2ccccc2n2c(SCCOc3cccc(Cl)c3)nnc12. The Morgan fingerprint density at radius 1 is 1.00 bits per heavy atom. The lowest BCUT2D eigenvalue weighted by molar-refractivity contribution is 0.344. The second kappa shape index (κ2) is 9.79. The van der Waals surface area contributed by atoms with Crippen molar-refractivity contribution in [3.05, 3.63) is 93.7 Å². The molecule has 5 aromatic rings. The van der Waals surface area contributed by atoms with Crippen molar-refractivity contribution in [3.63, 3.8) is 0 Å². The first kappa shape index (κ1) is 22.3. The average Bonchev–Trinajstić information content (AvgIpc) is 3.28. The molecule has 7 nitrogen and oxygen atoms in total. The van der Waals surface area contributed by atoms with Crippen LogP contribution < -0.4 is 15.0 Å². The summed E-state index contributed by atoms with van der Waals surface area (Å²) in [6, 6.07) is 22.5. The van der Waals surface area contributed by atoms with Crippen LogP contribution in [-0.2, 0) is 6.54 Å². The molecule has 0 saturated carbocycles. The molecule has 0 atom stereocenters. The molecule has 172 valence electrons. The van der Waals surface area contributed by atoms with E-state index >= 15 is 0 Å². The zero-order valence-electron chi connectivity index (χ0n) is 18.3. The first-order valence-electron chi connectivity index (χ1n) is 10.7. The molecule has 9 heteroatoms. The third kappa shape index (κ3) is 4.34. The first-order chi connectivity index (χ1) is 16.7. The van der Waals surface area contributed by atoms with Crippen molar-refractivity contribution in [3.8, 4) is 11.5 Å². The summed E-state index contributed by atoms with van der Waals surface area (Å²) in [6.45, 7) is 0.788. The van der Waals surface area contributed by atoms with E-state index < -0.39 is 0 Å². The Bertz CT molecular complexity index is 1530. The van der Waals surface area contributed by atoms with Crippen LogP contribution in [0.2, 0.25) is 5.02 Å². The number of benzene rings is 3. The number of nitrogens with zero attached hydrogens (tertiary/aromatic N) is 4. The highest BCUT2D eigenvalue weighted by Gasteiger charge is 2.18. The first-order valence-corrected chi connectivity index (χ1v) is 12.0. The van der Waals surface area contributed by atoms with Crippen molar-refractivity contribution in [1.82, 2.24) is 19.2 Å². The van der Waals surface area contributed by atoms with Crippen LogP contribution in [0.3, 0.4) is 0 Å². The quantitative estimate of drug-likeness (QED) is 0.226. The van der Waals surface area contributed by atoms with Gasteiger partial charge in [0.1, 0.15) is 11.5 Å². The van der Waals surface area contributed by atoms with E-state index in [-0.39, 0.29) is 5.56 Å². The Morgan fingerprint density at radius 3 is 2.68 bits per heavy atom. The molecule has 2 heterocycles. The van der Waals surface area contributed by atoms with Crippen LogP contribution in [-0.4, -0.2) is 38.6 Å². The van der Waals surface area contributed by atoms with Gasteiger partial charge < -0.3 is 9.47 Å². The van der Waals surface area contributed by atoms with E-state index in [2.05, 4.69) is 10.2 Å². The van der Waals surface area contributed by atoms with Gasteiger partial charge in [-0.2, -0.15) is 0 Å². The van der Waals surface area contributed by atoms with Crippen molar-refractivity contribution < 1.29 is 9.47 Å². The summed E-state index contributed by atoms with van der Waals surface area (Å²) in [5.74, 6) is 2.56. The second-order valence-electron chi connectivity index (χ2n) is 7.49. The molecule has 0 amide bonds. The van der Waals surface area contributed by atoms with Crippen molar-refractivity contribution in [2.75, 3.05) is 19.5 Å². The number of para-hydroxylation sites is 2. The summed E-state index contributed by atoms with van der Waals surface area (Å²) in [6.07, 6.45) is 0. The average molecular weight is 493 g/mol. The summed E-state index contributed by atoms with van der Waals surface area (Å²) in [5.41, 5.74) is 1.53. The van der Waals surface area contributed by atoms with Gasteiger partial charge >= 0.3 is 0 Å². The van der Waals surface area contributed by atoms with Crippen molar-refractivity contribution in [1.29, 1.82) is 0 Å². The van der Waals surface area contributed by atoms with Gasteiger partial charge in [-0.25, -0.2) is 0 Å². The summed E-state index contributed by atoms with van der Waals surface area (Å²) in [4.78, 5) is 13.4. The van der Waals surface area contributed by atoms with Gasteiger partial charge in [0.2, 0.25) is 5.78 Å². The predicted octanol–water partition coefficient (Wildman–Crippen LogP) is 4.93. The number of aromatic nitrogens is 4. The van der Waals surface area contributed by atoms with Gasteiger partial charge in [-0.05, 0) is 36.4 Å². The topological polar surface area (TPSA) is 70.7 Å². The number of ether oxygens (including phenoxy) is 2. The fourth-order valence-electron chi connectivity index (χ4n) is 3.82. The Balaban J connectivity index is 1.49. The number of halogens is 1. The highest BCUT2D eigenvalue weighted by molar-refractivity contribution is 7.99. The Labute approximate surface area is 204 Å². The van der Waals surface area contributed by atoms with Crippen LogP contribution in [0.15, 0.2) is 82.7 Å². The summed E-state index contributed by atoms with van der Waals surface area (Å²) in [7, 11) is 1.62. The smallest absolute Gasteiger partial charge is 0.263 e. The molecular weight excluding hydrogens is 472 g/mol. The third-order valence-corrected chi connectivity index (χ3v) is 6.51. The van der Waals surface area contributed by atoms with Crippen LogP contribution in [0.1, 0.15) is 5.56 Å². The molecule has 3 aromatic carbocycles.